The van der Waals surface area contributed by atoms with Gasteiger partial charge in [-0.1, -0.05) is 12.1 Å². The van der Waals surface area contributed by atoms with Crippen molar-refractivity contribution in [2.75, 3.05) is 0 Å². The fourth-order valence-electron chi connectivity index (χ4n) is 2.42. The van der Waals surface area contributed by atoms with E-state index in [9.17, 15) is 18.4 Å². The molecule has 0 aliphatic rings. The molecule has 1 aromatic carbocycles. The van der Waals surface area contributed by atoms with Crippen LogP contribution in [0, 0.1) is 0 Å². The van der Waals surface area contributed by atoms with E-state index in [2.05, 4.69) is 20.1 Å². The third kappa shape index (κ3) is 3.85. The number of carbonyl (C=O) groups is 1. The minimum Gasteiger partial charge on any atom is -0.435 e. The molecule has 3 aromatic rings. The van der Waals surface area contributed by atoms with Crippen LogP contribution in [0.2, 0.25) is 0 Å². The van der Waals surface area contributed by atoms with Gasteiger partial charge in [-0.2, -0.15) is 13.9 Å². The Kier molecular flexibility index (Phi) is 4.92. The number of fused-ring (bicyclic) bond motifs is 1. The maximum atomic E-state index is 12.3. The largest absolute Gasteiger partial charge is 0.435 e. The van der Waals surface area contributed by atoms with E-state index >= 15 is 0 Å². The zero-order chi connectivity index (χ0) is 18.7. The number of nitrogens with one attached hydrogen (secondary N) is 1. The number of aryl methyl sites for hydroxylation is 1. The van der Waals surface area contributed by atoms with E-state index in [1.807, 2.05) is 0 Å². The molecule has 0 spiro atoms. The second kappa shape index (κ2) is 7.30. The predicted molar refractivity (Wildman–Crippen MR) is 87.7 cm³/mol. The van der Waals surface area contributed by atoms with Crippen molar-refractivity contribution in [2.24, 2.45) is 7.05 Å². The quantitative estimate of drug-likeness (QED) is 0.707. The van der Waals surface area contributed by atoms with E-state index in [-0.39, 0.29) is 24.4 Å². The van der Waals surface area contributed by atoms with Crippen LogP contribution in [-0.2, 0) is 24.9 Å². The summed E-state index contributed by atoms with van der Waals surface area (Å²) < 4.78 is 31.4. The molecule has 26 heavy (non-hydrogen) atoms. The van der Waals surface area contributed by atoms with Crippen molar-refractivity contribution in [2.45, 2.75) is 19.7 Å². The first-order valence-corrected chi connectivity index (χ1v) is 7.61. The second-order valence-corrected chi connectivity index (χ2v) is 5.49. The molecule has 0 aliphatic carbocycles. The van der Waals surface area contributed by atoms with E-state index in [4.69, 9.17) is 0 Å². The lowest BCUT2D eigenvalue weighted by atomic mass is 10.2. The van der Waals surface area contributed by atoms with E-state index in [1.165, 1.54) is 33.9 Å². The topological polar surface area (TPSA) is 91.0 Å². The molecule has 0 unspecified atom stereocenters. The fraction of sp³-hybridized carbons (Fsp3) is 0.250. The molecular formula is C16H15F2N5O3. The van der Waals surface area contributed by atoms with Crippen molar-refractivity contribution in [1.29, 1.82) is 0 Å². The summed E-state index contributed by atoms with van der Waals surface area (Å²) in [6, 6.07) is 6.01. The van der Waals surface area contributed by atoms with Gasteiger partial charge in [-0.05, 0) is 17.7 Å². The molecule has 0 saturated carbocycles. The molecular weight excluding hydrogens is 348 g/mol. The predicted octanol–water partition coefficient (Wildman–Crippen LogP) is 1.05. The summed E-state index contributed by atoms with van der Waals surface area (Å²) in [5.74, 6) is -0.411. The van der Waals surface area contributed by atoms with E-state index in [1.54, 1.807) is 19.2 Å². The highest BCUT2D eigenvalue weighted by Crippen LogP contribution is 2.15. The van der Waals surface area contributed by atoms with Gasteiger partial charge in [-0.15, -0.1) is 0 Å². The van der Waals surface area contributed by atoms with Crippen LogP contribution in [0.3, 0.4) is 0 Å². The van der Waals surface area contributed by atoms with Gasteiger partial charge in [0, 0.05) is 13.6 Å². The van der Waals surface area contributed by atoms with Crippen molar-refractivity contribution in [3.05, 3.63) is 52.7 Å². The van der Waals surface area contributed by atoms with Crippen molar-refractivity contribution in [1.82, 2.24) is 24.6 Å². The number of hydrogen-bond donors (Lipinski definition) is 1. The number of rotatable bonds is 6. The average molecular weight is 363 g/mol. The van der Waals surface area contributed by atoms with Crippen LogP contribution in [0.1, 0.15) is 5.56 Å². The molecule has 0 bridgehead atoms. The highest BCUT2D eigenvalue weighted by Gasteiger charge is 2.11. The zero-order valence-corrected chi connectivity index (χ0v) is 13.7. The Labute approximate surface area is 146 Å². The second-order valence-electron chi connectivity index (χ2n) is 5.49. The minimum absolute atomic E-state index is 0.00852. The molecule has 10 heteroatoms. The third-order valence-corrected chi connectivity index (χ3v) is 3.65. The molecule has 1 N–H and O–H groups in total. The molecule has 2 aromatic heterocycles. The Morgan fingerprint density at radius 3 is 2.96 bits per heavy atom. The standard InChI is InChI=1S/C16H15F2N5O3/c1-22-14-12(7-21-22)15(25)23(9-20-14)8-13(24)19-6-10-3-2-4-11(5-10)26-16(17)18/h2-5,7,9,16H,6,8H2,1H3,(H,19,24). The Bertz CT molecular complexity index is 999. The highest BCUT2D eigenvalue weighted by molar-refractivity contribution is 5.77. The summed E-state index contributed by atoms with van der Waals surface area (Å²) in [4.78, 5) is 28.5. The number of benzene rings is 1. The number of amides is 1. The van der Waals surface area contributed by atoms with Gasteiger partial charge in [0.15, 0.2) is 5.65 Å². The molecule has 2 heterocycles. The smallest absolute Gasteiger partial charge is 0.387 e. The van der Waals surface area contributed by atoms with Crippen LogP contribution >= 0.6 is 0 Å². The van der Waals surface area contributed by atoms with Crippen molar-refractivity contribution in [3.63, 3.8) is 0 Å². The molecule has 3 rings (SSSR count). The molecule has 0 fully saturated rings. The van der Waals surface area contributed by atoms with Crippen LogP contribution in [0.25, 0.3) is 11.0 Å². The number of carbonyl (C=O) groups excluding carboxylic acids is 1. The number of hydrogen-bond acceptors (Lipinski definition) is 5. The molecule has 0 aliphatic heterocycles. The summed E-state index contributed by atoms with van der Waals surface area (Å²) in [5, 5.41) is 6.89. The first-order chi connectivity index (χ1) is 12.4. The molecule has 0 radical (unpaired) electrons. The monoisotopic (exact) mass is 363 g/mol. The lowest BCUT2D eigenvalue weighted by Crippen LogP contribution is -2.32. The normalized spacial score (nSPS) is 11.1. The lowest BCUT2D eigenvalue weighted by Gasteiger charge is -2.09. The fourth-order valence-corrected chi connectivity index (χ4v) is 2.42. The molecule has 0 saturated heterocycles. The number of alkyl halides is 2. The number of aromatic nitrogens is 4. The SMILES string of the molecule is Cn1ncc2c(=O)n(CC(=O)NCc3cccc(OC(F)F)c3)cnc21. The Morgan fingerprint density at radius 2 is 2.19 bits per heavy atom. The first kappa shape index (κ1) is 17.5. The summed E-state index contributed by atoms with van der Waals surface area (Å²) >= 11 is 0. The Balaban J connectivity index is 1.64. The molecule has 0 atom stereocenters. The first-order valence-electron chi connectivity index (χ1n) is 7.61. The summed E-state index contributed by atoms with van der Waals surface area (Å²) in [5.41, 5.74) is 0.651. The average Bonchev–Trinajstić information content (AvgIpc) is 2.97. The molecule has 136 valence electrons. The lowest BCUT2D eigenvalue weighted by molar-refractivity contribution is -0.121. The molecule has 1 amide bonds. The van der Waals surface area contributed by atoms with E-state index in [0.717, 1.165) is 0 Å². The van der Waals surface area contributed by atoms with Crippen molar-refractivity contribution in [3.8, 4) is 5.75 Å². The summed E-state index contributed by atoms with van der Waals surface area (Å²) in [6.45, 7) is -3.03. The summed E-state index contributed by atoms with van der Waals surface area (Å²) in [7, 11) is 1.66. The Morgan fingerprint density at radius 1 is 1.38 bits per heavy atom. The maximum Gasteiger partial charge on any atom is 0.387 e. The number of ether oxygens (including phenoxy) is 1. The van der Waals surface area contributed by atoms with E-state index in [0.29, 0.717) is 16.6 Å². The highest BCUT2D eigenvalue weighted by atomic mass is 19.3. The van der Waals surface area contributed by atoms with Crippen LogP contribution in [0.5, 0.6) is 5.75 Å². The number of halogens is 2. The maximum absolute atomic E-state index is 12.3. The minimum atomic E-state index is -2.92. The van der Waals surface area contributed by atoms with Crippen LogP contribution in [0.4, 0.5) is 8.78 Å². The van der Waals surface area contributed by atoms with Gasteiger partial charge >= 0.3 is 6.61 Å². The van der Waals surface area contributed by atoms with E-state index < -0.39 is 12.5 Å². The van der Waals surface area contributed by atoms with Gasteiger partial charge in [0.2, 0.25) is 5.91 Å². The van der Waals surface area contributed by atoms with Gasteiger partial charge in [-0.25, -0.2) is 4.98 Å². The van der Waals surface area contributed by atoms with Crippen molar-refractivity contribution < 1.29 is 18.3 Å². The van der Waals surface area contributed by atoms with Crippen LogP contribution in [-0.4, -0.2) is 31.9 Å². The van der Waals surface area contributed by atoms with Crippen molar-refractivity contribution >= 4 is 16.9 Å². The molecule has 8 nitrogen and oxygen atoms in total. The summed E-state index contributed by atoms with van der Waals surface area (Å²) in [6.07, 6.45) is 2.68. The van der Waals surface area contributed by atoms with Gasteiger partial charge < -0.3 is 10.1 Å². The van der Waals surface area contributed by atoms with Crippen LogP contribution in [0.15, 0.2) is 41.6 Å². The van der Waals surface area contributed by atoms with Gasteiger partial charge in [-0.3, -0.25) is 18.8 Å². The van der Waals surface area contributed by atoms with Gasteiger partial charge in [0.1, 0.15) is 24.0 Å². The van der Waals surface area contributed by atoms with Gasteiger partial charge in [0.05, 0.1) is 6.20 Å². The Hall–Kier alpha value is -3.30. The van der Waals surface area contributed by atoms with Gasteiger partial charge in [0.25, 0.3) is 5.56 Å². The van der Waals surface area contributed by atoms with Crippen LogP contribution < -0.4 is 15.6 Å². The zero-order valence-electron chi connectivity index (χ0n) is 13.7. The number of nitrogens with zero attached hydrogens (tertiary/aromatic N) is 4. The third-order valence-electron chi connectivity index (χ3n) is 3.65.